The summed E-state index contributed by atoms with van der Waals surface area (Å²) in [5, 5.41) is 12.5. The maximum atomic E-state index is 13.1. The highest BCUT2D eigenvalue weighted by molar-refractivity contribution is 8.01. The highest BCUT2D eigenvalue weighted by Gasteiger charge is 2.32. The third-order valence-corrected chi connectivity index (χ3v) is 9.69. The fourth-order valence-corrected chi connectivity index (χ4v) is 7.24. The molecule has 1 fully saturated rings. The number of aromatic nitrogens is 3. The summed E-state index contributed by atoms with van der Waals surface area (Å²) in [6.45, 7) is -0.0116. The van der Waals surface area contributed by atoms with Crippen molar-refractivity contribution >= 4 is 55.9 Å². The largest absolute Gasteiger partial charge is 0.392 e. The van der Waals surface area contributed by atoms with Crippen LogP contribution in [-0.2, 0) is 16.1 Å². The molecular formula is C34H28N4O4S2. The molecule has 6 aromatic rings. The molecule has 1 aliphatic rings. The zero-order valence-corrected chi connectivity index (χ0v) is 25.1. The summed E-state index contributed by atoms with van der Waals surface area (Å²) in [7, 11) is 0. The van der Waals surface area contributed by atoms with E-state index >= 15 is 0 Å². The first-order valence-corrected chi connectivity index (χ1v) is 16.0. The fourth-order valence-electron chi connectivity index (χ4n) is 5.12. The number of thiazole rings is 1. The number of hydrogen-bond acceptors (Lipinski definition) is 9. The van der Waals surface area contributed by atoms with Crippen molar-refractivity contribution in [2.75, 3.05) is 11.1 Å². The van der Waals surface area contributed by atoms with Crippen molar-refractivity contribution in [2.45, 2.75) is 35.9 Å². The predicted octanol–water partition coefficient (Wildman–Crippen LogP) is 7.32. The lowest BCUT2D eigenvalue weighted by Gasteiger charge is -2.36. The molecule has 2 aromatic heterocycles. The molecule has 220 valence electrons. The van der Waals surface area contributed by atoms with Crippen LogP contribution in [-0.4, -0.2) is 37.8 Å². The molecule has 7 rings (SSSR count). The Morgan fingerprint density at radius 3 is 2.50 bits per heavy atom. The summed E-state index contributed by atoms with van der Waals surface area (Å²) in [5.74, 6) is 0.361. The van der Waals surface area contributed by atoms with E-state index in [-0.39, 0.29) is 30.4 Å². The van der Waals surface area contributed by atoms with Gasteiger partial charge in [0.15, 0.2) is 10.6 Å². The van der Waals surface area contributed by atoms with Crippen molar-refractivity contribution in [1.82, 2.24) is 15.0 Å². The first-order valence-electron chi connectivity index (χ1n) is 14.2. The SMILES string of the molecule is O=C(Nc1cccc([C@@H]2O[C@H](CSc3nc4ccccc4s3)C[C@H](c3ccc(CO)cc3)O2)c1)c1cnc2ccccc2n1. The molecule has 0 radical (unpaired) electrons. The van der Waals surface area contributed by atoms with Crippen molar-refractivity contribution in [3.8, 4) is 0 Å². The van der Waals surface area contributed by atoms with Crippen LogP contribution in [0.25, 0.3) is 21.3 Å². The van der Waals surface area contributed by atoms with Gasteiger partial charge in [0.05, 0.1) is 46.3 Å². The molecule has 1 saturated heterocycles. The molecule has 8 nitrogen and oxygen atoms in total. The second-order valence-electron chi connectivity index (χ2n) is 10.4. The second-order valence-corrected chi connectivity index (χ2v) is 12.7. The molecule has 0 bridgehead atoms. The van der Waals surface area contributed by atoms with Crippen LogP contribution in [0.3, 0.4) is 0 Å². The van der Waals surface area contributed by atoms with Gasteiger partial charge in [-0.2, -0.15) is 0 Å². The molecule has 0 aliphatic carbocycles. The van der Waals surface area contributed by atoms with Crippen LogP contribution in [0.2, 0.25) is 0 Å². The summed E-state index contributed by atoms with van der Waals surface area (Å²) < 4.78 is 15.2. The number of aliphatic hydroxyl groups is 1. The molecule has 1 aliphatic heterocycles. The Hall–Kier alpha value is -4.19. The summed E-state index contributed by atoms with van der Waals surface area (Å²) >= 11 is 3.37. The van der Waals surface area contributed by atoms with Crippen LogP contribution in [0.4, 0.5) is 5.69 Å². The van der Waals surface area contributed by atoms with E-state index in [0.717, 1.165) is 36.8 Å². The molecule has 0 saturated carbocycles. The van der Waals surface area contributed by atoms with Crippen LogP contribution >= 0.6 is 23.1 Å². The third-order valence-electron chi connectivity index (χ3n) is 7.38. The lowest BCUT2D eigenvalue weighted by atomic mass is 10.0. The predicted molar refractivity (Wildman–Crippen MR) is 173 cm³/mol. The number of carbonyl (C=O) groups is 1. The van der Waals surface area contributed by atoms with Crippen molar-refractivity contribution in [1.29, 1.82) is 0 Å². The van der Waals surface area contributed by atoms with Crippen LogP contribution < -0.4 is 5.32 Å². The first kappa shape index (κ1) is 28.6. The Morgan fingerprint density at radius 1 is 0.886 bits per heavy atom. The lowest BCUT2D eigenvalue weighted by Crippen LogP contribution is -2.31. The van der Waals surface area contributed by atoms with E-state index in [0.29, 0.717) is 23.4 Å². The summed E-state index contributed by atoms with van der Waals surface area (Å²) in [5.41, 5.74) is 5.88. The van der Waals surface area contributed by atoms with E-state index in [1.807, 2.05) is 91.0 Å². The van der Waals surface area contributed by atoms with Crippen LogP contribution in [0.1, 0.15) is 46.0 Å². The number of rotatable bonds is 8. The number of aliphatic hydroxyl groups excluding tert-OH is 1. The highest BCUT2D eigenvalue weighted by Crippen LogP contribution is 2.40. The number of nitrogens with zero attached hydrogens (tertiary/aromatic N) is 3. The molecule has 10 heteroatoms. The number of benzene rings is 4. The zero-order valence-electron chi connectivity index (χ0n) is 23.5. The number of ether oxygens (including phenoxy) is 2. The first-order chi connectivity index (χ1) is 21.6. The molecule has 44 heavy (non-hydrogen) atoms. The van der Waals surface area contributed by atoms with E-state index in [9.17, 15) is 9.90 Å². The summed E-state index contributed by atoms with van der Waals surface area (Å²) in [4.78, 5) is 26.7. The average molecular weight is 621 g/mol. The van der Waals surface area contributed by atoms with Gasteiger partial charge >= 0.3 is 0 Å². The molecule has 2 N–H and O–H groups in total. The topological polar surface area (TPSA) is 106 Å². The molecule has 1 amide bonds. The smallest absolute Gasteiger partial charge is 0.275 e. The van der Waals surface area contributed by atoms with E-state index in [2.05, 4.69) is 21.4 Å². The molecular weight excluding hydrogens is 593 g/mol. The van der Waals surface area contributed by atoms with E-state index in [1.54, 1.807) is 23.1 Å². The number of fused-ring (bicyclic) bond motifs is 2. The highest BCUT2D eigenvalue weighted by atomic mass is 32.2. The Labute approximate surface area is 262 Å². The van der Waals surface area contributed by atoms with Crippen LogP contribution in [0, 0.1) is 0 Å². The van der Waals surface area contributed by atoms with Crippen LogP contribution in [0.5, 0.6) is 0 Å². The van der Waals surface area contributed by atoms with E-state index < -0.39 is 6.29 Å². The fraction of sp³-hybridized carbons (Fsp3) is 0.176. The van der Waals surface area contributed by atoms with E-state index in [4.69, 9.17) is 14.5 Å². The van der Waals surface area contributed by atoms with Gasteiger partial charge in [-0.1, -0.05) is 72.4 Å². The minimum Gasteiger partial charge on any atom is -0.392 e. The van der Waals surface area contributed by atoms with Gasteiger partial charge in [0, 0.05) is 23.4 Å². The van der Waals surface area contributed by atoms with Crippen molar-refractivity contribution in [3.05, 3.63) is 126 Å². The Bertz CT molecular complexity index is 1900. The van der Waals surface area contributed by atoms with Crippen LogP contribution in [0.15, 0.2) is 108 Å². The van der Waals surface area contributed by atoms with Gasteiger partial charge in [0.2, 0.25) is 0 Å². The molecule has 0 unspecified atom stereocenters. The minimum atomic E-state index is -0.649. The van der Waals surface area contributed by atoms with Gasteiger partial charge < -0.3 is 19.9 Å². The maximum absolute atomic E-state index is 13.1. The van der Waals surface area contributed by atoms with Crippen molar-refractivity contribution in [3.63, 3.8) is 0 Å². The normalized spacial score (nSPS) is 18.4. The number of amides is 1. The molecule has 3 atom stereocenters. The Kier molecular flexibility index (Phi) is 8.32. The van der Waals surface area contributed by atoms with E-state index in [1.165, 1.54) is 6.20 Å². The number of carbonyl (C=O) groups excluding carboxylic acids is 1. The summed E-state index contributed by atoms with van der Waals surface area (Å²) in [6, 6.07) is 30.9. The molecule has 4 aromatic carbocycles. The monoisotopic (exact) mass is 620 g/mol. The maximum Gasteiger partial charge on any atom is 0.275 e. The Balaban J connectivity index is 1.10. The quantitative estimate of drug-likeness (QED) is 0.171. The Morgan fingerprint density at radius 2 is 1.68 bits per heavy atom. The number of para-hydroxylation sites is 3. The number of nitrogens with one attached hydrogen (secondary N) is 1. The minimum absolute atomic E-state index is 0.0116. The van der Waals surface area contributed by atoms with Gasteiger partial charge in [-0.05, 0) is 47.5 Å². The second kappa shape index (κ2) is 12.8. The number of thioether (sulfide) groups is 1. The van der Waals surface area contributed by atoms with Gasteiger partial charge in [0.1, 0.15) is 5.69 Å². The number of hydrogen-bond donors (Lipinski definition) is 2. The lowest BCUT2D eigenvalue weighted by molar-refractivity contribution is -0.245. The number of anilines is 1. The average Bonchev–Trinajstić information content (AvgIpc) is 3.50. The van der Waals surface area contributed by atoms with Crippen molar-refractivity contribution in [2.24, 2.45) is 0 Å². The third kappa shape index (κ3) is 6.35. The molecule has 3 heterocycles. The van der Waals surface area contributed by atoms with Gasteiger partial charge in [-0.25, -0.2) is 9.97 Å². The summed E-state index contributed by atoms with van der Waals surface area (Å²) in [6.07, 6.45) is 1.18. The molecule has 0 spiro atoms. The van der Waals surface area contributed by atoms with Crippen molar-refractivity contribution < 1.29 is 19.4 Å². The van der Waals surface area contributed by atoms with Gasteiger partial charge in [0.25, 0.3) is 5.91 Å². The van der Waals surface area contributed by atoms with Gasteiger partial charge in [-0.15, -0.1) is 11.3 Å². The zero-order chi connectivity index (χ0) is 29.9. The van der Waals surface area contributed by atoms with Gasteiger partial charge in [-0.3, -0.25) is 9.78 Å². The standard InChI is InChI=1S/C34H28N4O4S2/c39-19-21-12-14-22(15-13-21)30-17-25(20-43-34-38-28-10-3-4-11-31(28)44-34)41-33(42-30)23-6-5-7-24(16-23)36-32(40)29-18-35-26-8-1-2-9-27(26)37-29/h1-16,18,25,30,33,39H,17,19-20H2,(H,36,40)/t25-,30+,33+/m0/s1.